The number of carbonyl (C=O) groups excluding carboxylic acids is 1. The van der Waals surface area contributed by atoms with Crippen molar-refractivity contribution < 1.29 is 14.7 Å². The van der Waals surface area contributed by atoms with Crippen LogP contribution in [0.4, 0.5) is 0 Å². The van der Waals surface area contributed by atoms with Crippen molar-refractivity contribution in [1.29, 1.82) is 0 Å². The zero-order chi connectivity index (χ0) is 9.84. The lowest BCUT2D eigenvalue weighted by Gasteiger charge is -2.09. The maximum atomic E-state index is 10.6. The van der Waals surface area contributed by atoms with Crippen molar-refractivity contribution >= 4 is 11.9 Å². The molecule has 0 aromatic carbocycles. The lowest BCUT2D eigenvalue weighted by Crippen LogP contribution is -2.26. The molecule has 0 radical (unpaired) electrons. The van der Waals surface area contributed by atoms with Gasteiger partial charge in [0.25, 0.3) is 0 Å². The molecule has 1 aliphatic rings. The van der Waals surface area contributed by atoms with E-state index in [4.69, 9.17) is 5.11 Å². The average Bonchev–Trinajstić information content (AvgIpc) is 2.48. The van der Waals surface area contributed by atoms with Gasteiger partial charge in [-0.05, 0) is 25.2 Å². The first-order chi connectivity index (χ1) is 6.09. The Morgan fingerprint density at radius 3 is 2.62 bits per heavy atom. The molecule has 1 amide bonds. The van der Waals surface area contributed by atoms with E-state index >= 15 is 0 Å². The predicted molar refractivity (Wildman–Crippen MR) is 47.2 cm³/mol. The van der Waals surface area contributed by atoms with Crippen molar-refractivity contribution in [1.82, 2.24) is 5.32 Å². The van der Waals surface area contributed by atoms with Crippen molar-refractivity contribution in [2.75, 3.05) is 6.54 Å². The Labute approximate surface area is 77.3 Å². The van der Waals surface area contributed by atoms with Gasteiger partial charge in [0.15, 0.2) is 0 Å². The molecule has 0 spiro atoms. The van der Waals surface area contributed by atoms with Crippen LogP contribution in [0, 0.1) is 11.8 Å². The largest absolute Gasteiger partial charge is 0.481 e. The van der Waals surface area contributed by atoms with Gasteiger partial charge in [-0.2, -0.15) is 0 Å². The van der Waals surface area contributed by atoms with Crippen LogP contribution in [-0.4, -0.2) is 23.5 Å². The van der Waals surface area contributed by atoms with Gasteiger partial charge < -0.3 is 10.4 Å². The van der Waals surface area contributed by atoms with Crippen LogP contribution in [0.5, 0.6) is 0 Å². The van der Waals surface area contributed by atoms with Crippen molar-refractivity contribution in [2.24, 2.45) is 11.8 Å². The summed E-state index contributed by atoms with van der Waals surface area (Å²) in [5.74, 6) is -0.590. The van der Waals surface area contributed by atoms with Crippen LogP contribution in [0.3, 0.4) is 0 Å². The molecule has 1 unspecified atom stereocenters. The number of amides is 1. The van der Waals surface area contributed by atoms with Gasteiger partial charge in [-0.1, -0.05) is 0 Å². The molecule has 1 rings (SSSR count). The third-order valence-corrected chi connectivity index (χ3v) is 2.53. The molecular weight excluding hydrogens is 170 g/mol. The Bertz CT molecular complexity index is 215. The highest BCUT2D eigenvalue weighted by Gasteiger charge is 2.29. The number of nitrogens with one attached hydrogen (secondary N) is 1. The SMILES string of the molecule is CC(=O)NC[C@H]1CCC(C(=O)O)C1. The molecular formula is C9H15NO3. The normalized spacial score (nSPS) is 27.2. The zero-order valence-corrected chi connectivity index (χ0v) is 7.75. The van der Waals surface area contributed by atoms with Crippen LogP contribution in [0.2, 0.25) is 0 Å². The minimum Gasteiger partial charge on any atom is -0.481 e. The second kappa shape index (κ2) is 4.25. The van der Waals surface area contributed by atoms with Gasteiger partial charge >= 0.3 is 5.97 Å². The summed E-state index contributed by atoms with van der Waals surface area (Å²) in [5.41, 5.74) is 0. The standard InChI is InChI=1S/C9H15NO3/c1-6(11)10-5-7-2-3-8(4-7)9(12)13/h7-8H,2-5H2,1H3,(H,10,11)(H,12,13)/t7-,8?/m0/s1. The van der Waals surface area contributed by atoms with Crippen LogP contribution in [0.15, 0.2) is 0 Å². The van der Waals surface area contributed by atoms with Gasteiger partial charge in [0.05, 0.1) is 5.92 Å². The molecule has 0 aromatic heterocycles. The zero-order valence-electron chi connectivity index (χ0n) is 7.75. The number of hydrogen-bond acceptors (Lipinski definition) is 2. The highest BCUT2D eigenvalue weighted by atomic mass is 16.4. The van der Waals surface area contributed by atoms with Crippen molar-refractivity contribution in [3.8, 4) is 0 Å². The summed E-state index contributed by atoms with van der Waals surface area (Å²) < 4.78 is 0. The number of carboxylic acid groups (broad SMARTS) is 1. The van der Waals surface area contributed by atoms with E-state index in [2.05, 4.69) is 5.32 Å². The maximum absolute atomic E-state index is 10.6. The summed E-state index contributed by atoms with van der Waals surface area (Å²) in [6.45, 7) is 2.10. The Morgan fingerprint density at radius 2 is 2.15 bits per heavy atom. The second-order valence-corrected chi connectivity index (χ2v) is 3.65. The van der Waals surface area contributed by atoms with Gasteiger partial charge in [0.2, 0.25) is 5.91 Å². The molecule has 0 bridgehead atoms. The Kier molecular flexibility index (Phi) is 3.28. The number of aliphatic carboxylic acids is 1. The summed E-state index contributed by atoms with van der Waals surface area (Å²) >= 11 is 0. The van der Waals surface area contributed by atoms with Crippen LogP contribution >= 0.6 is 0 Å². The topological polar surface area (TPSA) is 66.4 Å². The number of carboxylic acids is 1. The Balaban J connectivity index is 2.25. The average molecular weight is 185 g/mol. The molecule has 1 fully saturated rings. The molecule has 1 saturated carbocycles. The molecule has 4 nitrogen and oxygen atoms in total. The molecule has 74 valence electrons. The molecule has 0 aliphatic heterocycles. The van der Waals surface area contributed by atoms with E-state index in [0.29, 0.717) is 18.9 Å². The molecule has 1 aliphatic carbocycles. The van der Waals surface area contributed by atoms with Gasteiger partial charge in [-0.3, -0.25) is 9.59 Å². The quantitative estimate of drug-likeness (QED) is 0.677. The third kappa shape index (κ3) is 3.05. The minimum atomic E-state index is -0.703. The third-order valence-electron chi connectivity index (χ3n) is 2.53. The fourth-order valence-electron chi connectivity index (χ4n) is 1.77. The first-order valence-corrected chi connectivity index (χ1v) is 4.57. The molecule has 4 heteroatoms. The van der Waals surface area contributed by atoms with E-state index in [1.54, 1.807) is 0 Å². The molecule has 0 heterocycles. The highest BCUT2D eigenvalue weighted by Crippen LogP contribution is 2.30. The van der Waals surface area contributed by atoms with E-state index < -0.39 is 5.97 Å². The van der Waals surface area contributed by atoms with Crippen LogP contribution in [-0.2, 0) is 9.59 Å². The van der Waals surface area contributed by atoms with E-state index in [0.717, 1.165) is 12.8 Å². The first kappa shape index (κ1) is 10.0. The molecule has 13 heavy (non-hydrogen) atoms. The summed E-state index contributed by atoms with van der Waals surface area (Å²) in [6, 6.07) is 0. The smallest absolute Gasteiger partial charge is 0.306 e. The van der Waals surface area contributed by atoms with Crippen LogP contribution in [0.25, 0.3) is 0 Å². The minimum absolute atomic E-state index is 0.0428. The fraction of sp³-hybridized carbons (Fsp3) is 0.778. The second-order valence-electron chi connectivity index (χ2n) is 3.65. The lowest BCUT2D eigenvalue weighted by atomic mass is 10.1. The Hall–Kier alpha value is -1.06. The number of rotatable bonds is 3. The molecule has 2 atom stereocenters. The lowest BCUT2D eigenvalue weighted by molar-refractivity contribution is -0.141. The number of carbonyl (C=O) groups is 2. The van der Waals surface area contributed by atoms with Crippen molar-refractivity contribution in [3.63, 3.8) is 0 Å². The van der Waals surface area contributed by atoms with E-state index in [-0.39, 0.29) is 11.8 Å². The van der Waals surface area contributed by atoms with Crippen LogP contribution < -0.4 is 5.32 Å². The molecule has 0 aromatic rings. The summed E-state index contributed by atoms with van der Waals surface area (Å²) in [6.07, 6.45) is 2.37. The van der Waals surface area contributed by atoms with E-state index in [1.165, 1.54) is 6.92 Å². The van der Waals surface area contributed by atoms with Gasteiger partial charge in [0, 0.05) is 13.5 Å². The summed E-state index contributed by atoms with van der Waals surface area (Å²) in [5, 5.41) is 11.4. The summed E-state index contributed by atoms with van der Waals surface area (Å²) in [4.78, 5) is 21.2. The first-order valence-electron chi connectivity index (χ1n) is 4.57. The number of hydrogen-bond donors (Lipinski definition) is 2. The predicted octanol–water partition coefficient (Wildman–Crippen LogP) is 0.623. The monoisotopic (exact) mass is 185 g/mol. The van der Waals surface area contributed by atoms with Crippen LogP contribution in [0.1, 0.15) is 26.2 Å². The Morgan fingerprint density at radius 1 is 1.46 bits per heavy atom. The van der Waals surface area contributed by atoms with E-state index in [1.807, 2.05) is 0 Å². The maximum Gasteiger partial charge on any atom is 0.306 e. The fourth-order valence-corrected chi connectivity index (χ4v) is 1.77. The molecule has 0 saturated heterocycles. The van der Waals surface area contributed by atoms with Crippen molar-refractivity contribution in [2.45, 2.75) is 26.2 Å². The molecule has 2 N–H and O–H groups in total. The van der Waals surface area contributed by atoms with Gasteiger partial charge in [-0.15, -0.1) is 0 Å². The highest BCUT2D eigenvalue weighted by molar-refractivity contribution is 5.73. The summed E-state index contributed by atoms with van der Waals surface area (Å²) in [7, 11) is 0. The van der Waals surface area contributed by atoms with E-state index in [9.17, 15) is 9.59 Å². The van der Waals surface area contributed by atoms with Gasteiger partial charge in [-0.25, -0.2) is 0 Å². The van der Waals surface area contributed by atoms with Crippen molar-refractivity contribution in [3.05, 3.63) is 0 Å². The van der Waals surface area contributed by atoms with Gasteiger partial charge in [0.1, 0.15) is 0 Å².